The predicted octanol–water partition coefficient (Wildman–Crippen LogP) is 1.43. The Hall–Kier alpha value is -0.390. The van der Waals surface area contributed by atoms with Crippen LogP contribution < -0.4 is 16.1 Å². The summed E-state index contributed by atoms with van der Waals surface area (Å²) in [7, 11) is 0. The lowest BCUT2D eigenvalue weighted by atomic mass is 10.4. The number of nitrogens with one attached hydrogen (secondary N) is 1. The molecule has 0 bridgehead atoms. The number of benzene rings is 1. The smallest absolute Gasteiger partial charge is 0.238 e. The van der Waals surface area contributed by atoms with Gasteiger partial charge in [0.15, 0.2) is 6.49 Å². The lowest BCUT2D eigenvalue weighted by molar-refractivity contribution is -0.118. The number of carbonyl (C=O) groups is 1. The number of nitrogens with two attached hydrogens (primary N) is 2. The molecule has 88 valence electrons. The minimum absolute atomic E-state index is 0.220. The molecule has 0 spiro atoms. The van der Waals surface area contributed by atoms with Gasteiger partial charge in [0, 0.05) is 4.90 Å². The number of hydrogen-bond donors (Lipinski definition) is 3. The van der Waals surface area contributed by atoms with E-state index in [1.165, 1.54) is 11.8 Å². The zero-order valence-electron chi connectivity index (χ0n) is 8.79. The molecule has 0 radical (unpaired) electrons. The molecule has 5 N–H and O–H groups in total. The SMILES string of the molecule is CC(Sc1ccccc1)C(=O)NP(N)(N)=S. The summed E-state index contributed by atoms with van der Waals surface area (Å²) in [6.07, 6.45) is 0. The third-order valence-corrected chi connectivity index (χ3v) is 3.67. The highest BCUT2D eigenvalue weighted by atomic mass is 32.4. The van der Waals surface area contributed by atoms with Crippen LogP contribution in [0, 0.1) is 0 Å². The highest BCUT2D eigenvalue weighted by molar-refractivity contribution is 8.11. The molecule has 1 rings (SSSR count). The van der Waals surface area contributed by atoms with Crippen LogP contribution in [-0.2, 0) is 16.6 Å². The Labute approximate surface area is 104 Å². The van der Waals surface area contributed by atoms with Crippen molar-refractivity contribution in [1.29, 1.82) is 0 Å². The fourth-order valence-electron chi connectivity index (χ4n) is 1.02. The Kier molecular flexibility index (Phi) is 4.95. The molecule has 0 aromatic heterocycles. The number of hydrogen-bond acceptors (Lipinski definition) is 3. The zero-order chi connectivity index (χ0) is 12.2. The molecular weight excluding hydrogens is 261 g/mol. The molecule has 0 aliphatic carbocycles. The molecule has 16 heavy (non-hydrogen) atoms. The fraction of sp³-hybridized carbons (Fsp3) is 0.222. The van der Waals surface area contributed by atoms with Crippen LogP contribution in [0.25, 0.3) is 0 Å². The van der Waals surface area contributed by atoms with Gasteiger partial charge in [0.1, 0.15) is 0 Å². The Bertz CT molecular complexity index is 406. The van der Waals surface area contributed by atoms with Crippen molar-refractivity contribution in [2.24, 2.45) is 11.0 Å². The van der Waals surface area contributed by atoms with Crippen LogP contribution in [-0.4, -0.2) is 11.2 Å². The molecule has 1 amide bonds. The second-order valence-electron chi connectivity index (χ2n) is 3.26. The zero-order valence-corrected chi connectivity index (χ0v) is 11.3. The van der Waals surface area contributed by atoms with Gasteiger partial charge in [-0.25, -0.2) is 0 Å². The Balaban J connectivity index is 2.56. The molecule has 0 aliphatic heterocycles. The van der Waals surface area contributed by atoms with E-state index in [-0.39, 0.29) is 11.2 Å². The maximum atomic E-state index is 11.6. The Morgan fingerprint density at radius 3 is 2.50 bits per heavy atom. The first kappa shape index (κ1) is 13.7. The third-order valence-electron chi connectivity index (χ3n) is 1.71. The van der Waals surface area contributed by atoms with Gasteiger partial charge in [0.05, 0.1) is 5.25 Å². The molecular formula is C9H14N3OPS2. The summed E-state index contributed by atoms with van der Waals surface area (Å²) in [4.78, 5) is 12.7. The van der Waals surface area contributed by atoms with Crippen molar-refractivity contribution in [3.63, 3.8) is 0 Å². The minimum Gasteiger partial charge on any atom is -0.305 e. The van der Waals surface area contributed by atoms with Gasteiger partial charge in [0.25, 0.3) is 0 Å². The molecule has 1 atom stereocenters. The lowest BCUT2D eigenvalue weighted by Gasteiger charge is -2.16. The van der Waals surface area contributed by atoms with Gasteiger partial charge in [-0.15, -0.1) is 11.8 Å². The maximum absolute atomic E-state index is 11.6. The molecule has 0 saturated carbocycles. The molecule has 0 aliphatic rings. The third kappa shape index (κ3) is 5.09. The standard InChI is InChI=1S/C9H14N3OPS2/c1-7(9(13)12-14(10,11)15)16-8-5-3-2-4-6-8/h2-7H,1H3,(H5,10,11,12,13,15). The summed E-state index contributed by atoms with van der Waals surface area (Å²) < 4.78 is 0. The topological polar surface area (TPSA) is 81.1 Å². The largest absolute Gasteiger partial charge is 0.305 e. The van der Waals surface area contributed by atoms with Crippen molar-refractivity contribution in [2.45, 2.75) is 17.1 Å². The monoisotopic (exact) mass is 275 g/mol. The quantitative estimate of drug-likeness (QED) is 0.572. The highest BCUT2D eigenvalue weighted by Crippen LogP contribution is 2.25. The van der Waals surface area contributed by atoms with Gasteiger partial charge in [-0.05, 0) is 30.9 Å². The van der Waals surface area contributed by atoms with Crippen LogP contribution in [0.2, 0.25) is 0 Å². The number of rotatable bonds is 4. The number of thioether (sulfide) groups is 1. The molecule has 4 nitrogen and oxygen atoms in total. The lowest BCUT2D eigenvalue weighted by Crippen LogP contribution is -2.33. The summed E-state index contributed by atoms with van der Waals surface area (Å²) in [5, 5.41) is 2.19. The van der Waals surface area contributed by atoms with Crippen molar-refractivity contribution in [3.05, 3.63) is 30.3 Å². The molecule has 7 heteroatoms. The first-order chi connectivity index (χ1) is 7.38. The van der Waals surface area contributed by atoms with Crippen LogP contribution in [0.3, 0.4) is 0 Å². The summed E-state index contributed by atoms with van der Waals surface area (Å²) in [5.74, 6) is -0.220. The molecule has 1 aromatic rings. The van der Waals surface area contributed by atoms with Crippen molar-refractivity contribution in [1.82, 2.24) is 5.09 Å². The van der Waals surface area contributed by atoms with Crippen LogP contribution in [0.1, 0.15) is 6.92 Å². The molecule has 0 heterocycles. The van der Waals surface area contributed by atoms with Crippen LogP contribution in [0.15, 0.2) is 35.2 Å². The van der Waals surface area contributed by atoms with Crippen molar-refractivity contribution < 1.29 is 4.79 Å². The van der Waals surface area contributed by atoms with Crippen LogP contribution >= 0.6 is 18.3 Å². The summed E-state index contributed by atoms with van der Waals surface area (Å²) in [6.45, 7) is -0.870. The maximum Gasteiger partial charge on any atom is 0.238 e. The van der Waals surface area contributed by atoms with Gasteiger partial charge in [-0.1, -0.05) is 18.2 Å². The van der Waals surface area contributed by atoms with Crippen molar-refractivity contribution >= 4 is 36.0 Å². The van der Waals surface area contributed by atoms with E-state index < -0.39 is 6.49 Å². The molecule has 0 saturated heterocycles. The molecule has 1 aromatic carbocycles. The normalized spacial score (nSPS) is 13.2. The highest BCUT2D eigenvalue weighted by Gasteiger charge is 2.17. The Morgan fingerprint density at radius 2 is 2.00 bits per heavy atom. The van der Waals surface area contributed by atoms with E-state index in [9.17, 15) is 4.79 Å². The predicted molar refractivity (Wildman–Crippen MR) is 72.6 cm³/mol. The number of carbonyl (C=O) groups excluding carboxylic acids is 1. The summed E-state index contributed by atoms with van der Waals surface area (Å²) in [6, 6.07) is 9.64. The van der Waals surface area contributed by atoms with E-state index >= 15 is 0 Å². The molecule has 1 unspecified atom stereocenters. The van der Waals surface area contributed by atoms with Crippen molar-refractivity contribution in [3.8, 4) is 0 Å². The van der Waals surface area contributed by atoms with E-state index in [1.54, 1.807) is 6.92 Å². The van der Waals surface area contributed by atoms with E-state index in [0.29, 0.717) is 0 Å². The molecule has 0 fully saturated rings. The first-order valence-electron chi connectivity index (χ1n) is 4.59. The average molecular weight is 275 g/mol. The van der Waals surface area contributed by atoms with Gasteiger partial charge >= 0.3 is 0 Å². The van der Waals surface area contributed by atoms with Gasteiger partial charge in [-0.3, -0.25) is 15.8 Å². The van der Waals surface area contributed by atoms with Crippen LogP contribution in [0.4, 0.5) is 0 Å². The van der Waals surface area contributed by atoms with E-state index in [1.807, 2.05) is 30.3 Å². The van der Waals surface area contributed by atoms with Gasteiger partial charge < -0.3 is 5.09 Å². The van der Waals surface area contributed by atoms with E-state index in [4.69, 9.17) is 22.8 Å². The summed E-state index contributed by atoms with van der Waals surface area (Å²) in [5.41, 5.74) is 10.9. The fourth-order valence-corrected chi connectivity index (χ4v) is 2.80. The average Bonchev–Trinajstić information content (AvgIpc) is 2.16. The minimum atomic E-state index is -2.66. The van der Waals surface area contributed by atoms with Crippen LogP contribution in [0.5, 0.6) is 0 Å². The summed E-state index contributed by atoms with van der Waals surface area (Å²) >= 11 is 6.21. The van der Waals surface area contributed by atoms with Gasteiger partial charge in [0.2, 0.25) is 5.91 Å². The second kappa shape index (κ2) is 5.80. The second-order valence-corrected chi connectivity index (χ2v) is 8.13. The van der Waals surface area contributed by atoms with Gasteiger partial charge in [-0.2, -0.15) is 0 Å². The number of amides is 1. The van der Waals surface area contributed by atoms with Crippen molar-refractivity contribution in [2.75, 3.05) is 0 Å². The van der Waals surface area contributed by atoms with E-state index in [0.717, 1.165) is 4.90 Å². The Morgan fingerprint density at radius 1 is 1.44 bits per heavy atom. The first-order valence-corrected chi connectivity index (χ1v) is 8.41. The van der Waals surface area contributed by atoms with E-state index in [2.05, 4.69) is 5.09 Å².